The van der Waals surface area contributed by atoms with E-state index in [9.17, 15) is 5.11 Å². The molecule has 2 atom stereocenters. The monoisotopic (exact) mass is 219 g/mol. The second-order valence-electron chi connectivity index (χ2n) is 5.09. The summed E-state index contributed by atoms with van der Waals surface area (Å²) in [6, 6.07) is 4.02. The highest BCUT2D eigenvalue weighted by molar-refractivity contribution is 5.21. The summed E-state index contributed by atoms with van der Waals surface area (Å²) in [6.07, 6.45) is 7.18. The minimum atomic E-state index is -0.625. The van der Waals surface area contributed by atoms with E-state index in [1.807, 2.05) is 25.3 Å². The first-order chi connectivity index (χ1) is 7.64. The van der Waals surface area contributed by atoms with Crippen molar-refractivity contribution in [3.8, 4) is 0 Å². The van der Waals surface area contributed by atoms with Crippen LogP contribution < -0.4 is 0 Å². The van der Waals surface area contributed by atoms with Crippen molar-refractivity contribution in [3.05, 3.63) is 29.6 Å². The van der Waals surface area contributed by atoms with Crippen LogP contribution >= 0.6 is 0 Å². The molecule has 0 amide bonds. The normalized spacial score (nSPS) is 30.3. The van der Waals surface area contributed by atoms with Gasteiger partial charge < -0.3 is 5.11 Å². The lowest BCUT2D eigenvalue weighted by Crippen LogP contribution is -2.32. The third-order valence-corrected chi connectivity index (χ3v) is 3.86. The topological polar surface area (TPSA) is 33.1 Å². The Kier molecular flexibility index (Phi) is 3.29. The van der Waals surface area contributed by atoms with Crippen LogP contribution in [0, 0.1) is 12.8 Å². The summed E-state index contributed by atoms with van der Waals surface area (Å²) in [5.74, 6) is 0.667. The second-order valence-corrected chi connectivity index (χ2v) is 5.09. The molecule has 0 spiro atoms. The summed E-state index contributed by atoms with van der Waals surface area (Å²) in [4.78, 5) is 4.29. The van der Waals surface area contributed by atoms with E-state index in [1.54, 1.807) is 0 Å². The molecule has 1 N–H and O–H groups in total. The van der Waals surface area contributed by atoms with E-state index in [0.29, 0.717) is 5.92 Å². The predicted octanol–water partition coefficient (Wildman–Crippen LogP) is 3.18. The van der Waals surface area contributed by atoms with E-state index in [0.717, 1.165) is 30.5 Å². The first-order valence-corrected chi connectivity index (χ1v) is 6.29. The first-order valence-electron chi connectivity index (χ1n) is 6.29. The number of aryl methyl sites for hydroxylation is 1. The number of hydrogen-bond acceptors (Lipinski definition) is 2. The molecule has 1 saturated carbocycles. The fourth-order valence-corrected chi connectivity index (χ4v) is 2.72. The number of pyridine rings is 1. The Labute approximate surface area is 97.7 Å². The molecule has 88 valence electrons. The predicted molar refractivity (Wildman–Crippen MR) is 65.1 cm³/mol. The Bertz CT molecular complexity index is 346. The van der Waals surface area contributed by atoms with Gasteiger partial charge in [0.05, 0.1) is 5.60 Å². The lowest BCUT2D eigenvalue weighted by molar-refractivity contribution is -0.0220. The van der Waals surface area contributed by atoms with Crippen LogP contribution in [0.1, 0.15) is 50.3 Å². The molecule has 2 nitrogen and oxygen atoms in total. The Balaban J connectivity index is 2.20. The van der Waals surface area contributed by atoms with Gasteiger partial charge in [0.2, 0.25) is 0 Å². The third-order valence-electron chi connectivity index (χ3n) is 3.86. The van der Waals surface area contributed by atoms with Gasteiger partial charge in [-0.3, -0.25) is 4.98 Å². The second kappa shape index (κ2) is 4.54. The van der Waals surface area contributed by atoms with Crippen molar-refractivity contribution >= 4 is 0 Å². The van der Waals surface area contributed by atoms with Crippen LogP contribution in [-0.2, 0) is 5.60 Å². The summed E-state index contributed by atoms with van der Waals surface area (Å²) < 4.78 is 0. The maximum atomic E-state index is 10.7. The highest BCUT2D eigenvalue weighted by atomic mass is 16.3. The lowest BCUT2D eigenvalue weighted by Gasteiger charge is -2.36. The molecule has 0 radical (unpaired) electrons. The van der Waals surface area contributed by atoms with Gasteiger partial charge in [0.1, 0.15) is 0 Å². The van der Waals surface area contributed by atoms with Crippen molar-refractivity contribution in [1.82, 2.24) is 4.98 Å². The molecule has 1 aromatic rings. The van der Waals surface area contributed by atoms with E-state index >= 15 is 0 Å². The van der Waals surface area contributed by atoms with Crippen molar-refractivity contribution in [2.45, 2.75) is 51.6 Å². The maximum Gasteiger partial charge on any atom is 0.0914 e. The molecular formula is C14H21NO. The average molecular weight is 219 g/mol. The molecule has 2 heteroatoms. The summed E-state index contributed by atoms with van der Waals surface area (Å²) in [7, 11) is 0. The van der Waals surface area contributed by atoms with Gasteiger partial charge in [0, 0.05) is 17.5 Å². The zero-order valence-electron chi connectivity index (χ0n) is 10.2. The molecule has 0 aliphatic heterocycles. The fraction of sp³-hybridized carbons (Fsp3) is 0.643. The van der Waals surface area contributed by atoms with Gasteiger partial charge in [-0.05, 0) is 38.2 Å². The van der Waals surface area contributed by atoms with Gasteiger partial charge in [0.25, 0.3) is 0 Å². The van der Waals surface area contributed by atoms with Gasteiger partial charge in [0.15, 0.2) is 0 Å². The quantitative estimate of drug-likeness (QED) is 0.828. The maximum absolute atomic E-state index is 10.7. The number of aromatic nitrogens is 1. The highest BCUT2D eigenvalue weighted by Gasteiger charge is 2.35. The Morgan fingerprint density at radius 1 is 1.50 bits per heavy atom. The van der Waals surface area contributed by atoms with Crippen LogP contribution in [0.5, 0.6) is 0 Å². The van der Waals surface area contributed by atoms with E-state index in [-0.39, 0.29) is 0 Å². The standard InChI is InChI=1S/C14H21NO/c1-3-12-5-4-8-14(16,9-12)13-7-6-11(2)15-10-13/h6-7,10,12,16H,3-5,8-9H2,1-2H3. The number of aliphatic hydroxyl groups is 1. The summed E-state index contributed by atoms with van der Waals surface area (Å²) in [5.41, 5.74) is 1.38. The van der Waals surface area contributed by atoms with Crippen LogP contribution in [0.25, 0.3) is 0 Å². The van der Waals surface area contributed by atoms with Gasteiger partial charge >= 0.3 is 0 Å². The molecule has 2 unspecified atom stereocenters. The van der Waals surface area contributed by atoms with Gasteiger partial charge in [-0.2, -0.15) is 0 Å². The molecule has 1 aliphatic carbocycles. The first kappa shape index (κ1) is 11.6. The van der Waals surface area contributed by atoms with Gasteiger partial charge in [-0.25, -0.2) is 0 Å². The largest absolute Gasteiger partial charge is 0.385 e. The van der Waals surface area contributed by atoms with Crippen molar-refractivity contribution in [3.63, 3.8) is 0 Å². The smallest absolute Gasteiger partial charge is 0.0914 e. The minimum absolute atomic E-state index is 0.625. The molecule has 0 aromatic carbocycles. The molecule has 2 rings (SSSR count). The number of rotatable bonds is 2. The number of hydrogen-bond donors (Lipinski definition) is 1. The highest BCUT2D eigenvalue weighted by Crippen LogP contribution is 2.40. The van der Waals surface area contributed by atoms with Crippen molar-refractivity contribution in [1.29, 1.82) is 0 Å². The van der Waals surface area contributed by atoms with Crippen LogP contribution in [-0.4, -0.2) is 10.1 Å². The summed E-state index contributed by atoms with van der Waals surface area (Å²) in [6.45, 7) is 4.19. The van der Waals surface area contributed by atoms with Gasteiger partial charge in [-0.1, -0.05) is 25.8 Å². The molecular weight excluding hydrogens is 198 g/mol. The third kappa shape index (κ3) is 2.27. The molecule has 0 saturated heterocycles. The van der Waals surface area contributed by atoms with E-state index in [4.69, 9.17) is 0 Å². The van der Waals surface area contributed by atoms with E-state index in [1.165, 1.54) is 12.8 Å². The minimum Gasteiger partial charge on any atom is -0.385 e. The molecule has 16 heavy (non-hydrogen) atoms. The Morgan fingerprint density at radius 3 is 2.94 bits per heavy atom. The SMILES string of the molecule is CCC1CCCC(O)(c2ccc(C)nc2)C1. The molecule has 1 heterocycles. The van der Waals surface area contributed by atoms with Gasteiger partial charge in [-0.15, -0.1) is 0 Å². The van der Waals surface area contributed by atoms with Crippen LogP contribution in [0.15, 0.2) is 18.3 Å². The Morgan fingerprint density at radius 2 is 2.31 bits per heavy atom. The lowest BCUT2D eigenvalue weighted by atomic mass is 9.74. The summed E-state index contributed by atoms with van der Waals surface area (Å²) in [5, 5.41) is 10.7. The van der Waals surface area contributed by atoms with Crippen molar-refractivity contribution in [2.24, 2.45) is 5.92 Å². The van der Waals surface area contributed by atoms with Crippen LogP contribution in [0.3, 0.4) is 0 Å². The zero-order chi connectivity index (χ0) is 11.6. The van der Waals surface area contributed by atoms with Crippen molar-refractivity contribution < 1.29 is 5.11 Å². The van der Waals surface area contributed by atoms with Crippen LogP contribution in [0.4, 0.5) is 0 Å². The summed E-state index contributed by atoms with van der Waals surface area (Å²) >= 11 is 0. The van der Waals surface area contributed by atoms with Crippen LogP contribution in [0.2, 0.25) is 0 Å². The van der Waals surface area contributed by atoms with E-state index < -0.39 is 5.60 Å². The van der Waals surface area contributed by atoms with E-state index in [2.05, 4.69) is 11.9 Å². The molecule has 1 fully saturated rings. The average Bonchev–Trinajstić information content (AvgIpc) is 2.29. The molecule has 0 bridgehead atoms. The molecule has 1 aromatic heterocycles. The Hall–Kier alpha value is -0.890. The zero-order valence-corrected chi connectivity index (χ0v) is 10.2. The fourth-order valence-electron chi connectivity index (χ4n) is 2.72. The number of nitrogens with zero attached hydrogens (tertiary/aromatic N) is 1. The van der Waals surface area contributed by atoms with Crippen molar-refractivity contribution in [2.75, 3.05) is 0 Å². The molecule has 1 aliphatic rings.